The lowest BCUT2D eigenvalue weighted by atomic mass is 10.2. The predicted molar refractivity (Wildman–Crippen MR) is 73.3 cm³/mol. The van der Waals surface area contributed by atoms with Crippen molar-refractivity contribution >= 4 is 15.7 Å². The number of nitrogens with two attached hydrogens (primary N) is 1. The van der Waals surface area contributed by atoms with Crippen LogP contribution in [0.3, 0.4) is 0 Å². The summed E-state index contributed by atoms with van der Waals surface area (Å²) in [7, 11) is -1.14. The van der Waals surface area contributed by atoms with Crippen LogP contribution in [0.2, 0.25) is 0 Å². The van der Waals surface area contributed by atoms with Crippen LogP contribution in [0.25, 0.3) is 0 Å². The molecular formula is C12H17N3O4S. The molecule has 0 bridgehead atoms. The SMILES string of the molecule is COCC(O)CN(C)S(=O)(=O)c1ccc(N)cc1C#N. The largest absolute Gasteiger partial charge is 0.399 e. The molecule has 0 aliphatic heterocycles. The number of likely N-dealkylation sites (N-methyl/N-ethyl adjacent to an activating group) is 1. The molecule has 8 heteroatoms. The standard InChI is InChI=1S/C12H17N3O4S/c1-15(7-11(16)8-19-2)20(17,18)12-4-3-10(14)5-9(12)6-13/h3-5,11,16H,7-8,14H2,1-2H3. The number of anilines is 1. The summed E-state index contributed by atoms with van der Waals surface area (Å²) in [5.41, 5.74) is 5.81. The molecule has 7 nitrogen and oxygen atoms in total. The number of methoxy groups -OCH3 is 1. The van der Waals surface area contributed by atoms with Gasteiger partial charge in [0.05, 0.1) is 18.3 Å². The maximum atomic E-state index is 12.3. The summed E-state index contributed by atoms with van der Waals surface area (Å²) in [5.74, 6) is 0. The molecule has 1 aromatic rings. The average Bonchev–Trinajstić information content (AvgIpc) is 2.38. The molecule has 3 N–H and O–H groups in total. The van der Waals surface area contributed by atoms with Crippen molar-refractivity contribution in [1.29, 1.82) is 5.26 Å². The molecule has 1 atom stereocenters. The first-order chi connectivity index (χ1) is 9.32. The normalized spacial score (nSPS) is 13.2. The summed E-state index contributed by atoms with van der Waals surface area (Å²) in [5, 5.41) is 18.6. The fourth-order valence-corrected chi connectivity index (χ4v) is 2.99. The average molecular weight is 299 g/mol. The first kappa shape index (κ1) is 16.4. The lowest BCUT2D eigenvalue weighted by Gasteiger charge is -2.20. The number of rotatable bonds is 6. The second-order valence-corrected chi connectivity index (χ2v) is 6.28. The zero-order valence-corrected chi connectivity index (χ0v) is 12.1. The van der Waals surface area contributed by atoms with Crippen LogP contribution in [-0.2, 0) is 14.8 Å². The van der Waals surface area contributed by atoms with Crippen molar-refractivity contribution < 1.29 is 18.3 Å². The molecule has 1 unspecified atom stereocenters. The van der Waals surface area contributed by atoms with Crippen molar-refractivity contribution in [3.05, 3.63) is 23.8 Å². The van der Waals surface area contributed by atoms with E-state index in [0.29, 0.717) is 5.69 Å². The Morgan fingerprint density at radius 1 is 1.55 bits per heavy atom. The maximum absolute atomic E-state index is 12.3. The molecule has 0 saturated heterocycles. The lowest BCUT2D eigenvalue weighted by molar-refractivity contribution is 0.0554. The van der Waals surface area contributed by atoms with Crippen molar-refractivity contribution in [2.24, 2.45) is 0 Å². The number of nitriles is 1. The number of nitrogens with zero attached hydrogens (tertiary/aromatic N) is 2. The summed E-state index contributed by atoms with van der Waals surface area (Å²) < 4.78 is 30.4. The minimum absolute atomic E-state index is 0.0205. The number of aliphatic hydroxyl groups excluding tert-OH is 1. The Morgan fingerprint density at radius 2 is 2.20 bits per heavy atom. The van der Waals surface area contributed by atoms with Gasteiger partial charge in [-0.2, -0.15) is 9.57 Å². The first-order valence-electron chi connectivity index (χ1n) is 5.76. The molecule has 1 rings (SSSR count). The van der Waals surface area contributed by atoms with Crippen LogP contribution in [0.15, 0.2) is 23.1 Å². The highest BCUT2D eigenvalue weighted by molar-refractivity contribution is 7.89. The van der Waals surface area contributed by atoms with Crippen LogP contribution < -0.4 is 5.73 Å². The van der Waals surface area contributed by atoms with Gasteiger partial charge in [0.2, 0.25) is 10.0 Å². The second kappa shape index (κ2) is 6.67. The second-order valence-electron chi connectivity index (χ2n) is 4.26. The number of nitrogen functional groups attached to an aromatic ring is 1. The van der Waals surface area contributed by atoms with Gasteiger partial charge in [0, 0.05) is 26.4 Å². The summed E-state index contributed by atoms with van der Waals surface area (Å²) in [6.45, 7) is -0.113. The number of aliphatic hydroxyl groups is 1. The molecule has 110 valence electrons. The van der Waals surface area contributed by atoms with Gasteiger partial charge < -0.3 is 15.6 Å². The van der Waals surface area contributed by atoms with Crippen molar-refractivity contribution in [3.8, 4) is 6.07 Å². The van der Waals surface area contributed by atoms with E-state index in [-0.39, 0.29) is 23.6 Å². The maximum Gasteiger partial charge on any atom is 0.244 e. The third kappa shape index (κ3) is 3.68. The topological polar surface area (TPSA) is 117 Å². The molecule has 0 aliphatic carbocycles. The van der Waals surface area contributed by atoms with Crippen LogP contribution in [0.4, 0.5) is 5.69 Å². The smallest absolute Gasteiger partial charge is 0.244 e. The van der Waals surface area contributed by atoms with E-state index in [9.17, 15) is 13.5 Å². The van der Waals surface area contributed by atoms with E-state index in [2.05, 4.69) is 0 Å². The van der Waals surface area contributed by atoms with Gasteiger partial charge in [-0.1, -0.05) is 0 Å². The number of hydrogen-bond acceptors (Lipinski definition) is 6. The highest BCUT2D eigenvalue weighted by atomic mass is 32.2. The molecule has 20 heavy (non-hydrogen) atoms. The van der Waals surface area contributed by atoms with Gasteiger partial charge in [0.1, 0.15) is 11.0 Å². The van der Waals surface area contributed by atoms with Gasteiger partial charge in [-0.25, -0.2) is 8.42 Å². The van der Waals surface area contributed by atoms with Crippen LogP contribution in [-0.4, -0.2) is 51.2 Å². The molecule has 0 fully saturated rings. The van der Waals surface area contributed by atoms with Gasteiger partial charge in [-0.3, -0.25) is 0 Å². The summed E-state index contributed by atoms with van der Waals surface area (Å²) >= 11 is 0. The van der Waals surface area contributed by atoms with Crippen LogP contribution in [0.5, 0.6) is 0 Å². The Kier molecular flexibility index (Phi) is 5.47. The van der Waals surface area contributed by atoms with Crippen molar-refractivity contribution in [2.45, 2.75) is 11.0 Å². The molecule has 0 aromatic heterocycles. The van der Waals surface area contributed by atoms with Gasteiger partial charge in [0.15, 0.2) is 0 Å². The monoisotopic (exact) mass is 299 g/mol. The molecule has 0 heterocycles. The molecule has 0 amide bonds. The third-order valence-electron chi connectivity index (χ3n) is 2.64. The van der Waals surface area contributed by atoms with E-state index in [4.69, 9.17) is 15.7 Å². The fourth-order valence-electron chi connectivity index (χ4n) is 1.67. The molecule has 1 aromatic carbocycles. The highest BCUT2D eigenvalue weighted by Gasteiger charge is 2.25. The van der Waals surface area contributed by atoms with Crippen molar-refractivity contribution in [3.63, 3.8) is 0 Å². The predicted octanol–water partition coefficient (Wildman–Crippen LogP) is -0.232. The molecular weight excluding hydrogens is 282 g/mol. The number of benzene rings is 1. The highest BCUT2D eigenvalue weighted by Crippen LogP contribution is 2.21. The van der Waals surface area contributed by atoms with Gasteiger partial charge >= 0.3 is 0 Å². The zero-order chi connectivity index (χ0) is 15.3. The first-order valence-corrected chi connectivity index (χ1v) is 7.20. The lowest BCUT2D eigenvalue weighted by Crippen LogP contribution is -2.36. The van der Waals surface area contributed by atoms with Gasteiger partial charge in [-0.15, -0.1) is 0 Å². The third-order valence-corrected chi connectivity index (χ3v) is 4.52. The Hall–Kier alpha value is -1.66. The van der Waals surface area contributed by atoms with Crippen LogP contribution in [0.1, 0.15) is 5.56 Å². The number of ether oxygens (including phenoxy) is 1. The van der Waals surface area contributed by atoms with Crippen molar-refractivity contribution in [1.82, 2.24) is 4.31 Å². The minimum atomic E-state index is -3.87. The Morgan fingerprint density at radius 3 is 2.75 bits per heavy atom. The molecule has 0 aliphatic rings. The van der Waals surface area contributed by atoms with E-state index in [1.54, 1.807) is 6.07 Å². The van der Waals surface area contributed by atoms with Crippen molar-refractivity contribution in [2.75, 3.05) is 33.0 Å². The summed E-state index contributed by atoms with van der Waals surface area (Å²) in [6.07, 6.45) is -0.945. The van der Waals surface area contributed by atoms with Gasteiger partial charge in [0.25, 0.3) is 0 Å². The number of sulfonamides is 1. The van der Waals surface area contributed by atoms with E-state index < -0.39 is 16.1 Å². The van der Waals surface area contributed by atoms with E-state index in [1.807, 2.05) is 0 Å². The van der Waals surface area contributed by atoms with E-state index in [0.717, 1.165) is 4.31 Å². The quantitative estimate of drug-likeness (QED) is 0.701. The molecule has 0 saturated carbocycles. The Bertz CT molecular complexity index is 610. The van der Waals surface area contributed by atoms with E-state index >= 15 is 0 Å². The zero-order valence-electron chi connectivity index (χ0n) is 11.3. The van der Waals surface area contributed by atoms with E-state index in [1.165, 1.54) is 32.4 Å². The number of hydrogen-bond donors (Lipinski definition) is 2. The Balaban J connectivity index is 3.08. The van der Waals surface area contributed by atoms with Gasteiger partial charge in [-0.05, 0) is 18.2 Å². The molecule has 0 radical (unpaired) electrons. The minimum Gasteiger partial charge on any atom is -0.399 e. The van der Waals surface area contributed by atoms with Crippen LogP contribution >= 0.6 is 0 Å². The summed E-state index contributed by atoms with van der Waals surface area (Å²) in [4.78, 5) is -0.138. The molecule has 0 spiro atoms. The summed E-state index contributed by atoms with van der Waals surface area (Å²) in [6, 6.07) is 5.79. The Labute approximate surface area is 118 Å². The van der Waals surface area contributed by atoms with Crippen LogP contribution in [0, 0.1) is 11.3 Å². The fraction of sp³-hybridized carbons (Fsp3) is 0.417.